The van der Waals surface area contributed by atoms with Crippen molar-refractivity contribution in [2.75, 3.05) is 0 Å². The van der Waals surface area contributed by atoms with E-state index in [4.69, 9.17) is 0 Å². The van der Waals surface area contributed by atoms with Crippen LogP contribution in [0.15, 0.2) is 133 Å². The molecule has 0 atom stereocenters. The minimum Gasteiger partial charge on any atom is -0.340 e. The Morgan fingerprint density at radius 2 is 0.760 bits per heavy atom. The number of rotatable bonds is 4. The zero-order valence-corrected chi connectivity index (χ0v) is 28.2. The van der Waals surface area contributed by atoms with Crippen LogP contribution >= 0.6 is 0 Å². The molecule has 4 aliphatic rings. The highest BCUT2D eigenvalue weighted by Crippen LogP contribution is 2.57. The van der Waals surface area contributed by atoms with E-state index in [9.17, 15) is 0 Å². The quantitative estimate of drug-likeness (QED) is 0.181. The maximum absolute atomic E-state index is 2.73. The summed E-state index contributed by atoms with van der Waals surface area (Å²) < 4.78 is 7.67. The summed E-state index contributed by atoms with van der Waals surface area (Å²) >= 11 is 0. The van der Waals surface area contributed by atoms with Crippen molar-refractivity contribution in [2.45, 2.75) is 38.6 Å². The van der Waals surface area contributed by atoms with E-state index in [1.165, 1.54) is 109 Å². The van der Waals surface area contributed by atoms with Crippen LogP contribution in [0.3, 0.4) is 0 Å². The van der Waals surface area contributed by atoms with Crippen molar-refractivity contribution in [3.8, 4) is 11.4 Å². The molecule has 3 aromatic heterocycles. The van der Waals surface area contributed by atoms with Gasteiger partial charge in [-0.1, -0.05) is 72.8 Å². The topological polar surface area (TPSA) is 14.8 Å². The number of fused-ring (bicyclic) bond motifs is 9. The van der Waals surface area contributed by atoms with Crippen LogP contribution < -0.4 is 0 Å². The number of hydrogen-bond donors (Lipinski definition) is 0. The molecule has 3 heteroatoms. The Morgan fingerprint density at radius 3 is 1.16 bits per heavy atom. The van der Waals surface area contributed by atoms with Gasteiger partial charge in [-0.2, -0.15) is 0 Å². The summed E-state index contributed by atoms with van der Waals surface area (Å²) in [7, 11) is 0. The normalized spacial score (nSPS) is 23.1. The van der Waals surface area contributed by atoms with Crippen LogP contribution in [-0.4, -0.2) is 13.7 Å². The maximum atomic E-state index is 2.73. The second-order valence-corrected chi connectivity index (χ2v) is 15.8. The van der Waals surface area contributed by atoms with Gasteiger partial charge >= 0.3 is 0 Å². The smallest absolute Gasteiger partial charge is 0.0541 e. The van der Waals surface area contributed by atoms with E-state index in [1.807, 2.05) is 0 Å². The molecule has 0 spiro atoms. The first-order chi connectivity index (χ1) is 24.8. The molecule has 3 nitrogen and oxygen atoms in total. The fraction of sp³-hybridized carbons (Fsp3) is 0.234. The van der Waals surface area contributed by atoms with Crippen molar-refractivity contribution >= 4 is 65.4 Å². The molecule has 0 amide bonds. The largest absolute Gasteiger partial charge is 0.340 e. The number of nitrogens with zero attached hydrogens (tertiary/aromatic N) is 3. The second kappa shape index (κ2) is 10.1. The molecule has 0 aliphatic heterocycles. The molecule has 0 saturated heterocycles. The molecule has 0 radical (unpaired) electrons. The summed E-state index contributed by atoms with van der Waals surface area (Å²) in [4.78, 5) is 0. The molecule has 13 rings (SSSR count). The maximum Gasteiger partial charge on any atom is 0.0541 e. The van der Waals surface area contributed by atoms with E-state index in [2.05, 4.69) is 147 Å². The van der Waals surface area contributed by atoms with Gasteiger partial charge in [-0.3, -0.25) is 0 Å². The van der Waals surface area contributed by atoms with Crippen molar-refractivity contribution in [3.05, 3.63) is 133 Å². The molecular formula is C47H39N3. The van der Waals surface area contributed by atoms with Crippen LogP contribution in [-0.2, 0) is 6.54 Å². The Balaban J connectivity index is 1.11. The van der Waals surface area contributed by atoms with Crippen LogP contribution in [0.25, 0.3) is 76.8 Å². The van der Waals surface area contributed by atoms with E-state index in [1.54, 1.807) is 0 Å². The molecular weight excluding hydrogens is 607 g/mol. The lowest BCUT2D eigenvalue weighted by Gasteiger charge is -2.54. The summed E-state index contributed by atoms with van der Waals surface area (Å²) in [5, 5.41) is 7.93. The molecule has 4 aliphatic carbocycles. The summed E-state index contributed by atoms with van der Waals surface area (Å²) in [5.74, 6) is 4.57. The Labute approximate surface area is 291 Å². The van der Waals surface area contributed by atoms with Gasteiger partial charge in [-0.05, 0) is 122 Å². The van der Waals surface area contributed by atoms with Gasteiger partial charge < -0.3 is 13.7 Å². The Bertz CT molecular complexity index is 2520. The molecule has 50 heavy (non-hydrogen) atoms. The monoisotopic (exact) mass is 645 g/mol. The van der Waals surface area contributed by atoms with E-state index in [0.717, 1.165) is 36.1 Å². The highest BCUT2D eigenvalue weighted by atomic mass is 15.0. The van der Waals surface area contributed by atoms with Gasteiger partial charge in [0.25, 0.3) is 0 Å². The lowest BCUT2D eigenvalue weighted by atomic mass is 9.52. The molecule has 6 aromatic carbocycles. The predicted molar refractivity (Wildman–Crippen MR) is 209 cm³/mol. The van der Waals surface area contributed by atoms with Crippen molar-refractivity contribution in [1.82, 2.24) is 13.7 Å². The molecule has 3 heterocycles. The third-order valence-corrected chi connectivity index (χ3v) is 13.3. The predicted octanol–water partition coefficient (Wildman–Crippen LogP) is 12.1. The summed E-state index contributed by atoms with van der Waals surface area (Å²) in [6, 6.07) is 50.1. The molecule has 9 aromatic rings. The minimum atomic E-state index is 0.788. The number of aromatic nitrogens is 3. The average molecular weight is 646 g/mol. The molecule has 242 valence electrons. The summed E-state index contributed by atoms with van der Waals surface area (Å²) in [6.45, 7) is 1.14. The van der Waals surface area contributed by atoms with Crippen molar-refractivity contribution < 1.29 is 0 Å². The van der Waals surface area contributed by atoms with Gasteiger partial charge in [0.15, 0.2) is 0 Å². The highest BCUT2D eigenvalue weighted by Gasteiger charge is 2.48. The Hall–Kier alpha value is -5.28. The highest BCUT2D eigenvalue weighted by molar-refractivity contribution is 6.13. The zero-order chi connectivity index (χ0) is 32.5. The van der Waals surface area contributed by atoms with E-state index < -0.39 is 0 Å². The average Bonchev–Trinajstić information content (AvgIpc) is 3.78. The first-order valence-corrected chi connectivity index (χ1v) is 18.8. The van der Waals surface area contributed by atoms with Gasteiger partial charge in [0.2, 0.25) is 0 Å². The fourth-order valence-corrected chi connectivity index (χ4v) is 11.5. The minimum absolute atomic E-state index is 0.788. The van der Waals surface area contributed by atoms with Crippen LogP contribution in [0.2, 0.25) is 0 Å². The lowest BCUT2D eigenvalue weighted by Crippen LogP contribution is -2.46. The number of hydrogen-bond acceptors (Lipinski definition) is 0. The van der Waals surface area contributed by atoms with Gasteiger partial charge in [0.05, 0.1) is 22.1 Å². The van der Waals surface area contributed by atoms with Crippen LogP contribution in [0, 0.1) is 29.6 Å². The molecule has 0 N–H and O–H groups in total. The third-order valence-electron chi connectivity index (χ3n) is 13.3. The summed E-state index contributed by atoms with van der Waals surface area (Å²) in [6.07, 6.45) is 7.36. The van der Waals surface area contributed by atoms with Crippen molar-refractivity contribution in [3.63, 3.8) is 0 Å². The number of para-hydroxylation sites is 4. The molecule has 0 unspecified atom stereocenters. The zero-order valence-electron chi connectivity index (χ0n) is 28.2. The Morgan fingerprint density at radius 1 is 0.380 bits per heavy atom. The van der Waals surface area contributed by atoms with Gasteiger partial charge in [0, 0.05) is 61.3 Å². The van der Waals surface area contributed by atoms with Gasteiger partial charge in [-0.25, -0.2) is 0 Å². The molecule has 4 saturated carbocycles. The van der Waals surface area contributed by atoms with Crippen molar-refractivity contribution in [2.24, 2.45) is 29.6 Å². The lowest BCUT2D eigenvalue weighted by molar-refractivity contribution is -0.0421. The Kier molecular flexibility index (Phi) is 5.58. The van der Waals surface area contributed by atoms with Crippen molar-refractivity contribution in [1.29, 1.82) is 0 Å². The van der Waals surface area contributed by atoms with E-state index in [-0.39, 0.29) is 0 Å². The molecule has 4 fully saturated rings. The molecule has 4 bridgehead atoms. The van der Waals surface area contributed by atoms with Crippen LogP contribution in [0.1, 0.15) is 32.1 Å². The van der Waals surface area contributed by atoms with E-state index in [0.29, 0.717) is 0 Å². The van der Waals surface area contributed by atoms with Gasteiger partial charge in [0.1, 0.15) is 0 Å². The summed E-state index contributed by atoms with van der Waals surface area (Å²) in [5.41, 5.74) is 10.2. The SMILES string of the molecule is c1ccc2c(c1)c1ccccc1n2-c1ccc2c(c1)c1cc(-n3c4ccccc4c4ccccc43)ccc1n2CC1C2CC3CC(C2)CC1C3. The number of benzene rings is 6. The van der Waals surface area contributed by atoms with Crippen LogP contribution in [0.4, 0.5) is 0 Å². The third kappa shape index (κ3) is 3.75. The first kappa shape index (κ1) is 27.5. The van der Waals surface area contributed by atoms with Gasteiger partial charge in [-0.15, -0.1) is 0 Å². The fourth-order valence-electron chi connectivity index (χ4n) is 11.5. The standard InChI is InChI=1S/C47H39N3/c1-5-13-44-35(9-1)36-10-2-6-14-45(36)49(44)33-17-19-42-39(26-33)40-27-34(50-46-15-7-3-11-37(46)38-12-4-8-16-47(38)50)18-20-43(40)48(42)28-41-31-22-29-21-30(24-31)25-32(41)23-29/h1-20,26-27,29-32,41H,21-25,28H2. The van der Waals surface area contributed by atoms with Crippen LogP contribution in [0.5, 0.6) is 0 Å². The first-order valence-electron chi connectivity index (χ1n) is 18.8. The second-order valence-electron chi connectivity index (χ2n) is 15.8. The van der Waals surface area contributed by atoms with E-state index >= 15 is 0 Å².